The van der Waals surface area contributed by atoms with Crippen molar-refractivity contribution in [2.75, 3.05) is 19.6 Å². The first-order valence-corrected chi connectivity index (χ1v) is 8.45. The number of likely N-dealkylation sites (N-methyl/N-ethyl adjacent to an activating group) is 1. The summed E-state index contributed by atoms with van der Waals surface area (Å²) in [6.45, 7) is 8.20. The Labute approximate surface area is 112 Å². The third-order valence-corrected chi connectivity index (χ3v) is 5.27. The van der Waals surface area contributed by atoms with Crippen LogP contribution < -0.4 is 10.0 Å². The number of hydrogen-bond donors (Lipinski definition) is 2. The van der Waals surface area contributed by atoms with E-state index in [9.17, 15) is 8.42 Å². The number of hydrogen-bond acceptors (Lipinski definition) is 3. The second-order valence-corrected chi connectivity index (χ2v) is 6.66. The van der Waals surface area contributed by atoms with Gasteiger partial charge in [-0.25, -0.2) is 0 Å². The maximum atomic E-state index is 12.3. The molecule has 2 atom stereocenters. The highest BCUT2D eigenvalue weighted by atomic mass is 32.2. The molecule has 0 aromatic heterocycles. The van der Waals surface area contributed by atoms with Gasteiger partial charge in [-0.2, -0.15) is 17.4 Å². The highest BCUT2D eigenvalue weighted by Gasteiger charge is 2.32. The number of piperidine rings is 1. The molecule has 1 rings (SSSR count). The molecule has 2 unspecified atom stereocenters. The molecule has 18 heavy (non-hydrogen) atoms. The van der Waals surface area contributed by atoms with Crippen molar-refractivity contribution in [2.45, 2.75) is 58.5 Å². The van der Waals surface area contributed by atoms with Gasteiger partial charge < -0.3 is 5.32 Å². The summed E-state index contributed by atoms with van der Waals surface area (Å²) in [5, 5.41) is 3.25. The zero-order valence-electron chi connectivity index (χ0n) is 11.8. The lowest BCUT2D eigenvalue weighted by Crippen LogP contribution is -2.53. The molecule has 0 aliphatic carbocycles. The summed E-state index contributed by atoms with van der Waals surface area (Å²) in [6.07, 6.45) is 3.84. The van der Waals surface area contributed by atoms with E-state index in [1.807, 2.05) is 20.8 Å². The Kier molecular flexibility index (Phi) is 6.55. The summed E-state index contributed by atoms with van der Waals surface area (Å²) >= 11 is 0. The Morgan fingerprint density at radius 2 is 2.06 bits per heavy atom. The zero-order valence-corrected chi connectivity index (χ0v) is 12.6. The number of nitrogens with zero attached hydrogens (tertiary/aromatic N) is 1. The van der Waals surface area contributed by atoms with E-state index in [0.717, 1.165) is 38.8 Å². The van der Waals surface area contributed by atoms with E-state index in [1.165, 1.54) is 0 Å². The van der Waals surface area contributed by atoms with Gasteiger partial charge in [0, 0.05) is 25.2 Å². The first-order valence-electron chi connectivity index (χ1n) is 7.01. The van der Waals surface area contributed by atoms with E-state index in [4.69, 9.17) is 0 Å². The molecular formula is C12H27N3O2S. The molecule has 5 nitrogen and oxygen atoms in total. The lowest BCUT2D eigenvalue weighted by atomic mass is 10.1. The van der Waals surface area contributed by atoms with Gasteiger partial charge in [-0.15, -0.1) is 0 Å². The normalized spacial score (nSPS) is 24.1. The van der Waals surface area contributed by atoms with Crippen LogP contribution in [0.5, 0.6) is 0 Å². The van der Waals surface area contributed by atoms with Crippen LogP contribution >= 0.6 is 0 Å². The van der Waals surface area contributed by atoms with Crippen LogP contribution in [0.3, 0.4) is 0 Å². The average molecular weight is 277 g/mol. The van der Waals surface area contributed by atoms with E-state index >= 15 is 0 Å². The predicted octanol–water partition coefficient (Wildman–Crippen LogP) is 1.08. The first-order chi connectivity index (χ1) is 8.51. The van der Waals surface area contributed by atoms with Crippen molar-refractivity contribution in [3.8, 4) is 0 Å². The topological polar surface area (TPSA) is 61.4 Å². The van der Waals surface area contributed by atoms with Crippen molar-refractivity contribution in [1.29, 1.82) is 0 Å². The van der Waals surface area contributed by atoms with Crippen LogP contribution in [0.25, 0.3) is 0 Å². The van der Waals surface area contributed by atoms with E-state index in [2.05, 4.69) is 10.0 Å². The molecule has 0 spiro atoms. The molecule has 108 valence electrons. The monoisotopic (exact) mass is 277 g/mol. The zero-order chi connectivity index (χ0) is 13.6. The Morgan fingerprint density at radius 1 is 1.33 bits per heavy atom. The van der Waals surface area contributed by atoms with Crippen LogP contribution in [-0.2, 0) is 10.2 Å². The molecule has 2 N–H and O–H groups in total. The van der Waals surface area contributed by atoms with E-state index < -0.39 is 10.2 Å². The molecule has 1 aliphatic heterocycles. The summed E-state index contributed by atoms with van der Waals surface area (Å²) in [6, 6.07) is 0.0944. The SMILES string of the molecule is CCNCC1CCCCN1S(=O)(=O)NC(C)CC. The Morgan fingerprint density at radius 3 is 2.67 bits per heavy atom. The standard InChI is InChI=1S/C12H27N3O2S/c1-4-11(3)14-18(16,17)15-9-7-6-8-12(15)10-13-5-2/h11-14H,4-10H2,1-3H3. The van der Waals surface area contributed by atoms with E-state index in [1.54, 1.807) is 4.31 Å². The predicted molar refractivity (Wildman–Crippen MR) is 74.7 cm³/mol. The van der Waals surface area contributed by atoms with Gasteiger partial charge in [-0.3, -0.25) is 0 Å². The highest BCUT2D eigenvalue weighted by molar-refractivity contribution is 7.87. The molecular weight excluding hydrogens is 250 g/mol. The quantitative estimate of drug-likeness (QED) is 0.732. The molecule has 6 heteroatoms. The third-order valence-electron chi connectivity index (χ3n) is 3.47. The van der Waals surface area contributed by atoms with Crippen LogP contribution in [0, 0.1) is 0 Å². The minimum absolute atomic E-state index is 0.00305. The maximum Gasteiger partial charge on any atom is 0.279 e. The summed E-state index contributed by atoms with van der Waals surface area (Å²) in [5.74, 6) is 0. The molecule has 1 saturated heterocycles. The fourth-order valence-corrected chi connectivity index (χ4v) is 3.96. The van der Waals surface area contributed by atoms with Crippen LogP contribution in [0.1, 0.15) is 46.5 Å². The van der Waals surface area contributed by atoms with Crippen molar-refractivity contribution >= 4 is 10.2 Å². The van der Waals surface area contributed by atoms with Gasteiger partial charge in [0.15, 0.2) is 0 Å². The molecule has 0 radical (unpaired) electrons. The largest absolute Gasteiger partial charge is 0.315 e. The summed E-state index contributed by atoms with van der Waals surface area (Å²) in [7, 11) is -3.33. The van der Waals surface area contributed by atoms with Gasteiger partial charge >= 0.3 is 0 Å². The van der Waals surface area contributed by atoms with Crippen molar-refractivity contribution < 1.29 is 8.42 Å². The molecule has 0 aromatic carbocycles. The summed E-state index contributed by atoms with van der Waals surface area (Å²) in [5.41, 5.74) is 0. The maximum absolute atomic E-state index is 12.3. The smallest absolute Gasteiger partial charge is 0.279 e. The van der Waals surface area contributed by atoms with Crippen molar-refractivity contribution in [3.63, 3.8) is 0 Å². The van der Waals surface area contributed by atoms with Crippen LogP contribution in [0.15, 0.2) is 0 Å². The van der Waals surface area contributed by atoms with Crippen LogP contribution in [-0.4, -0.2) is 44.4 Å². The molecule has 0 amide bonds. The number of nitrogens with one attached hydrogen (secondary N) is 2. The molecule has 0 bridgehead atoms. The average Bonchev–Trinajstić information content (AvgIpc) is 2.36. The van der Waals surface area contributed by atoms with Crippen molar-refractivity contribution in [3.05, 3.63) is 0 Å². The third kappa shape index (κ3) is 4.50. The Balaban J connectivity index is 2.69. The Bertz CT molecular complexity index is 332. The highest BCUT2D eigenvalue weighted by Crippen LogP contribution is 2.19. The van der Waals surface area contributed by atoms with Crippen LogP contribution in [0.4, 0.5) is 0 Å². The molecule has 1 fully saturated rings. The van der Waals surface area contributed by atoms with Crippen molar-refractivity contribution in [1.82, 2.24) is 14.3 Å². The minimum atomic E-state index is -3.33. The molecule has 1 heterocycles. The number of rotatable bonds is 7. The Hall–Kier alpha value is -0.170. The van der Waals surface area contributed by atoms with Gasteiger partial charge in [0.05, 0.1) is 0 Å². The second kappa shape index (κ2) is 7.43. The summed E-state index contributed by atoms with van der Waals surface area (Å²) in [4.78, 5) is 0. The van der Waals surface area contributed by atoms with Gasteiger partial charge in [0.1, 0.15) is 0 Å². The van der Waals surface area contributed by atoms with E-state index in [0.29, 0.717) is 6.54 Å². The fraction of sp³-hybridized carbons (Fsp3) is 1.00. The minimum Gasteiger partial charge on any atom is -0.315 e. The molecule has 1 aliphatic rings. The molecule has 0 aromatic rings. The van der Waals surface area contributed by atoms with E-state index in [-0.39, 0.29) is 12.1 Å². The fourth-order valence-electron chi connectivity index (χ4n) is 2.21. The van der Waals surface area contributed by atoms with Crippen LogP contribution in [0.2, 0.25) is 0 Å². The van der Waals surface area contributed by atoms with Gasteiger partial charge in [-0.05, 0) is 32.7 Å². The lowest BCUT2D eigenvalue weighted by molar-refractivity contribution is 0.242. The second-order valence-electron chi connectivity index (χ2n) is 5.00. The van der Waals surface area contributed by atoms with Gasteiger partial charge in [0.2, 0.25) is 0 Å². The summed E-state index contributed by atoms with van der Waals surface area (Å²) < 4.78 is 29.0. The lowest BCUT2D eigenvalue weighted by Gasteiger charge is -2.35. The first kappa shape index (κ1) is 15.9. The van der Waals surface area contributed by atoms with Gasteiger partial charge in [0.25, 0.3) is 10.2 Å². The molecule has 0 saturated carbocycles. The van der Waals surface area contributed by atoms with Crippen molar-refractivity contribution in [2.24, 2.45) is 0 Å². The van der Waals surface area contributed by atoms with Gasteiger partial charge in [-0.1, -0.05) is 20.3 Å².